The summed E-state index contributed by atoms with van der Waals surface area (Å²) in [5.74, 6) is 3.00. The Morgan fingerprint density at radius 3 is 3.00 bits per heavy atom. The van der Waals surface area contributed by atoms with Crippen LogP contribution < -0.4 is 5.32 Å². The molecule has 3 rings (SSSR count). The molecule has 0 aliphatic carbocycles. The molecule has 0 saturated carbocycles. The molecule has 8 heteroatoms. The van der Waals surface area contributed by atoms with Gasteiger partial charge in [0.15, 0.2) is 11.8 Å². The monoisotopic (exact) mass is 486 g/mol. The standard InChI is InChI=1S/C18H26N6S.HI/c1-3-16-14-23(10-11-25-16)18(19-4-2)21-13-15-6-8-20-17(12-15)24-9-5-7-22-24;/h5-9,12,16H,3-4,10-11,13-14H2,1-2H3,(H,19,21);1H. The van der Waals surface area contributed by atoms with Crippen LogP contribution in [-0.2, 0) is 6.54 Å². The zero-order valence-electron chi connectivity index (χ0n) is 15.3. The Bertz CT molecular complexity index is 691. The van der Waals surface area contributed by atoms with Gasteiger partial charge in [-0.2, -0.15) is 16.9 Å². The van der Waals surface area contributed by atoms with Gasteiger partial charge in [-0.1, -0.05) is 6.92 Å². The Morgan fingerprint density at radius 2 is 2.27 bits per heavy atom. The Morgan fingerprint density at radius 1 is 1.38 bits per heavy atom. The van der Waals surface area contributed by atoms with Crippen molar-refractivity contribution in [1.82, 2.24) is 25.0 Å². The quantitative estimate of drug-likeness (QED) is 0.400. The zero-order valence-corrected chi connectivity index (χ0v) is 18.5. The molecule has 1 atom stereocenters. The van der Waals surface area contributed by atoms with E-state index in [1.165, 1.54) is 12.2 Å². The first-order valence-corrected chi connectivity index (χ1v) is 9.94. The minimum Gasteiger partial charge on any atom is -0.357 e. The summed E-state index contributed by atoms with van der Waals surface area (Å²) in [7, 11) is 0. The van der Waals surface area contributed by atoms with Crippen LogP contribution in [0.15, 0.2) is 41.8 Å². The van der Waals surface area contributed by atoms with Crippen molar-refractivity contribution in [2.45, 2.75) is 32.1 Å². The van der Waals surface area contributed by atoms with E-state index in [1.807, 2.05) is 30.6 Å². The second-order valence-corrected chi connectivity index (χ2v) is 7.40. The lowest BCUT2D eigenvalue weighted by atomic mass is 10.2. The molecule has 6 nitrogen and oxygen atoms in total. The van der Waals surface area contributed by atoms with Crippen LogP contribution in [0.4, 0.5) is 0 Å². The number of hydrogen-bond donors (Lipinski definition) is 1. The van der Waals surface area contributed by atoms with Gasteiger partial charge in [0.1, 0.15) is 0 Å². The molecule has 142 valence electrons. The summed E-state index contributed by atoms with van der Waals surface area (Å²) >= 11 is 2.07. The van der Waals surface area contributed by atoms with Gasteiger partial charge in [0.05, 0.1) is 6.54 Å². The van der Waals surface area contributed by atoms with Crippen molar-refractivity contribution in [2.24, 2.45) is 4.99 Å². The van der Waals surface area contributed by atoms with E-state index in [4.69, 9.17) is 4.99 Å². The Kier molecular flexibility index (Phi) is 8.70. The number of nitrogens with zero attached hydrogens (tertiary/aromatic N) is 5. The van der Waals surface area contributed by atoms with Crippen LogP contribution in [-0.4, -0.2) is 56.3 Å². The smallest absolute Gasteiger partial charge is 0.194 e. The molecule has 0 aromatic carbocycles. The Labute approximate surface area is 176 Å². The summed E-state index contributed by atoms with van der Waals surface area (Å²) in [5, 5.41) is 8.38. The first-order valence-electron chi connectivity index (χ1n) is 8.90. The number of nitrogens with one attached hydrogen (secondary N) is 1. The molecule has 2 aromatic heterocycles. The van der Waals surface area contributed by atoms with E-state index in [-0.39, 0.29) is 24.0 Å². The van der Waals surface area contributed by atoms with Crippen molar-refractivity contribution < 1.29 is 0 Å². The molecule has 1 unspecified atom stereocenters. The number of guanidine groups is 1. The molecular weight excluding hydrogens is 459 g/mol. The van der Waals surface area contributed by atoms with Crippen molar-refractivity contribution in [3.8, 4) is 5.82 Å². The minimum absolute atomic E-state index is 0. The average molecular weight is 486 g/mol. The molecule has 1 N–H and O–H groups in total. The number of pyridine rings is 1. The third-order valence-corrected chi connectivity index (χ3v) is 5.56. The van der Waals surface area contributed by atoms with Gasteiger partial charge in [-0.15, -0.1) is 24.0 Å². The van der Waals surface area contributed by atoms with E-state index >= 15 is 0 Å². The highest BCUT2D eigenvalue weighted by Crippen LogP contribution is 2.21. The number of hydrogen-bond acceptors (Lipinski definition) is 4. The molecule has 1 aliphatic heterocycles. The van der Waals surface area contributed by atoms with E-state index in [1.54, 1.807) is 10.9 Å². The fourth-order valence-electron chi connectivity index (χ4n) is 2.84. The van der Waals surface area contributed by atoms with Gasteiger partial charge >= 0.3 is 0 Å². The van der Waals surface area contributed by atoms with Crippen LogP contribution in [0.5, 0.6) is 0 Å². The number of halogens is 1. The Hall–Kier alpha value is -1.29. The third-order valence-electron chi connectivity index (χ3n) is 4.19. The van der Waals surface area contributed by atoms with Gasteiger partial charge in [-0.05, 0) is 37.1 Å². The summed E-state index contributed by atoms with van der Waals surface area (Å²) in [6.45, 7) is 8.03. The fourth-order valence-corrected chi connectivity index (χ4v) is 4.02. The van der Waals surface area contributed by atoms with Crippen molar-refractivity contribution >= 4 is 41.7 Å². The van der Waals surface area contributed by atoms with Crippen molar-refractivity contribution in [3.63, 3.8) is 0 Å². The number of thioether (sulfide) groups is 1. The molecular formula is C18H27IN6S. The minimum atomic E-state index is 0. The maximum Gasteiger partial charge on any atom is 0.194 e. The molecule has 2 aromatic rings. The topological polar surface area (TPSA) is 58.3 Å². The van der Waals surface area contributed by atoms with Crippen LogP contribution in [0.3, 0.4) is 0 Å². The molecule has 0 spiro atoms. The normalized spacial score (nSPS) is 17.7. The van der Waals surface area contributed by atoms with Crippen LogP contribution in [0, 0.1) is 0 Å². The van der Waals surface area contributed by atoms with Gasteiger partial charge in [0.25, 0.3) is 0 Å². The third kappa shape index (κ3) is 5.60. The number of rotatable bonds is 5. The van der Waals surface area contributed by atoms with Crippen molar-refractivity contribution in [2.75, 3.05) is 25.4 Å². The second kappa shape index (κ2) is 10.8. The van der Waals surface area contributed by atoms with Gasteiger partial charge in [-0.3, -0.25) is 0 Å². The maximum absolute atomic E-state index is 4.86. The highest BCUT2D eigenvalue weighted by Gasteiger charge is 2.21. The van der Waals surface area contributed by atoms with E-state index in [2.05, 4.69) is 45.9 Å². The van der Waals surface area contributed by atoms with Gasteiger partial charge in [0.2, 0.25) is 0 Å². The van der Waals surface area contributed by atoms with Gasteiger partial charge < -0.3 is 10.2 Å². The summed E-state index contributed by atoms with van der Waals surface area (Å²) in [5.41, 5.74) is 1.13. The molecule has 1 saturated heterocycles. The number of aromatic nitrogens is 3. The van der Waals surface area contributed by atoms with Crippen LogP contribution >= 0.6 is 35.7 Å². The molecule has 0 bridgehead atoms. The van der Waals surface area contributed by atoms with E-state index < -0.39 is 0 Å². The average Bonchev–Trinajstić information content (AvgIpc) is 3.20. The van der Waals surface area contributed by atoms with E-state index in [9.17, 15) is 0 Å². The van der Waals surface area contributed by atoms with Crippen LogP contribution in [0.1, 0.15) is 25.8 Å². The second-order valence-electron chi connectivity index (χ2n) is 5.99. The number of aliphatic imine (C=N–C) groups is 1. The van der Waals surface area contributed by atoms with Gasteiger partial charge in [0, 0.05) is 49.2 Å². The summed E-state index contributed by atoms with van der Waals surface area (Å²) in [4.78, 5) is 11.6. The summed E-state index contributed by atoms with van der Waals surface area (Å²) in [6.07, 6.45) is 6.68. The van der Waals surface area contributed by atoms with Crippen LogP contribution in [0.2, 0.25) is 0 Å². The molecule has 0 amide bonds. The highest BCUT2D eigenvalue weighted by atomic mass is 127. The van der Waals surface area contributed by atoms with E-state index in [0.717, 1.165) is 37.0 Å². The lowest BCUT2D eigenvalue weighted by Crippen LogP contribution is -2.48. The molecule has 26 heavy (non-hydrogen) atoms. The lowest BCUT2D eigenvalue weighted by molar-refractivity contribution is 0.408. The first kappa shape index (κ1) is 21.0. The predicted molar refractivity (Wildman–Crippen MR) is 120 cm³/mol. The summed E-state index contributed by atoms with van der Waals surface area (Å²) in [6, 6.07) is 5.95. The molecule has 3 heterocycles. The van der Waals surface area contributed by atoms with Gasteiger partial charge in [-0.25, -0.2) is 14.7 Å². The van der Waals surface area contributed by atoms with Crippen LogP contribution in [0.25, 0.3) is 5.82 Å². The first-order chi connectivity index (χ1) is 12.3. The van der Waals surface area contributed by atoms with E-state index in [0.29, 0.717) is 11.8 Å². The molecule has 0 radical (unpaired) electrons. The van der Waals surface area contributed by atoms with Crippen molar-refractivity contribution in [1.29, 1.82) is 0 Å². The zero-order chi connectivity index (χ0) is 17.5. The van der Waals surface area contributed by atoms with Crippen molar-refractivity contribution in [3.05, 3.63) is 42.4 Å². The summed E-state index contributed by atoms with van der Waals surface area (Å²) < 4.78 is 1.77. The lowest BCUT2D eigenvalue weighted by Gasteiger charge is -2.34. The largest absolute Gasteiger partial charge is 0.357 e. The fraction of sp³-hybridized carbons (Fsp3) is 0.500. The predicted octanol–water partition coefficient (Wildman–Crippen LogP) is 3.18. The maximum atomic E-state index is 4.86. The highest BCUT2D eigenvalue weighted by molar-refractivity contribution is 14.0. The molecule has 1 aliphatic rings. The SMILES string of the molecule is CCNC(=NCc1ccnc(-n2cccn2)c1)N1CCSC(CC)C1.I. The Balaban J connectivity index is 0.00000243. The molecule has 1 fully saturated rings.